The normalized spacial score (nSPS) is 12.9. The van der Waals surface area contributed by atoms with Gasteiger partial charge in [0.05, 0.1) is 18.8 Å². The van der Waals surface area contributed by atoms with Crippen molar-refractivity contribution in [3.05, 3.63) is 36.5 Å². The average Bonchev–Trinajstić information content (AvgIpc) is 3.36. The second-order valence-corrected chi connectivity index (χ2v) is 22.2. The third kappa shape index (κ3) is 57.5. The van der Waals surface area contributed by atoms with Crippen molar-refractivity contribution in [3.8, 4) is 0 Å². The van der Waals surface area contributed by atoms with E-state index in [-0.39, 0.29) is 12.5 Å². The fourth-order valence-corrected chi connectivity index (χ4v) is 10.2. The second-order valence-electron chi connectivity index (χ2n) is 22.2. The summed E-state index contributed by atoms with van der Waals surface area (Å²) in [5.41, 5.74) is 0. The van der Waals surface area contributed by atoms with E-state index in [1.807, 2.05) is 6.08 Å². The number of rotatable bonds is 60. The van der Waals surface area contributed by atoms with Crippen LogP contribution in [-0.2, 0) is 4.79 Å². The topological polar surface area (TPSA) is 69.6 Å². The molecule has 4 nitrogen and oxygen atoms in total. The molecule has 0 saturated carbocycles. The molecule has 0 spiro atoms. The van der Waals surface area contributed by atoms with Gasteiger partial charge < -0.3 is 15.5 Å². The molecule has 3 N–H and O–H groups in total. The minimum absolute atomic E-state index is 0.0675. The van der Waals surface area contributed by atoms with E-state index in [0.29, 0.717) is 6.42 Å². The predicted octanol–water partition coefficient (Wildman–Crippen LogP) is 21.6. The van der Waals surface area contributed by atoms with Crippen LogP contribution in [0, 0.1) is 0 Å². The molecule has 0 aliphatic heterocycles. The van der Waals surface area contributed by atoms with Crippen molar-refractivity contribution in [1.82, 2.24) is 5.32 Å². The van der Waals surface area contributed by atoms with E-state index < -0.39 is 12.1 Å². The maximum atomic E-state index is 12.5. The molecule has 0 aromatic rings. The highest BCUT2D eigenvalue weighted by Gasteiger charge is 2.18. The van der Waals surface area contributed by atoms with Gasteiger partial charge in [0, 0.05) is 6.42 Å². The Morgan fingerprint density at radius 3 is 0.829 bits per heavy atom. The van der Waals surface area contributed by atoms with Gasteiger partial charge in [-0.1, -0.05) is 333 Å². The van der Waals surface area contributed by atoms with Crippen molar-refractivity contribution in [1.29, 1.82) is 0 Å². The molecule has 0 aromatic heterocycles. The maximum absolute atomic E-state index is 12.5. The van der Waals surface area contributed by atoms with Gasteiger partial charge in [-0.3, -0.25) is 4.79 Å². The summed E-state index contributed by atoms with van der Waals surface area (Å²) >= 11 is 0. The Labute approximate surface area is 440 Å². The molecule has 0 radical (unpaired) electrons. The Bertz CT molecular complexity index is 1070. The lowest BCUT2D eigenvalue weighted by molar-refractivity contribution is -0.123. The molecule has 0 fully saturated rings. The lowest BCUT2D eigenvalue weighted by atomic mass is 10.0. The van der Waals surface area contributed by atoms with Crippen molar-refractivity contribution < 1.29 is 15.0 Å². The Morgan fingerprint density at radius 2 is 0.557 bits per heavy atom. The van der Waals surface area contributed by atoms with Gasteiger partial charge in [-0.25, -0.2) is 0 Å². The molecule has 1 amide bonds. The van der Waals surface area contributed by atoms with Crippen molar-refractivity contribution in [2.24, 2.45) is 0 Å². The first-order valence-electron chi connectivity index (χ1n) is 32.2. The van der Waals surface area contributed by atoms with Crippen LogP contribution < -0.4 is 5.32 Å². The number of carbonyl (C=O) groups excluding carboxylic acids is 1. The molecule has 4 heteroatoms. The highest BCUT2D eigenvalue weighted by Crippen LogP contribution is 2.18. The van der Waals surface area contributed by atoms with Crippen LogP contribution in [0.15, 0.2) is 36.5 Å². The molecule has 0 aliphatic carbocycles. The molecule has 0 heterocycles. The largest absolute Gasteiger partial charge is 0.394 e. The summed E-state index contributed by atoms with van der Waals surface area (Å²) in [4.78, 5) is 12.5. The minimum atomic E-state index is -0.863. The fraction of sp³-hybridized carbons (Fsp3) is 0.894. The van der Waals surface area contributed by atoms with Gasteiger partial charge in [0.1, 0.15) is 0 Å². The fourth-order valence-electron chi connectivity index (χ4n) is 10.2. The Balaban J connectivity index is 3.47. The highest BCUT2D eigenvalue weighted by molar-refractivity contribution is 5.76. The summed E-state index contributed by atoms with van der Waals surface area (Å²) in [6.07, 6.45) is 85.0. The molecule has 0 aliphatic rings. The number of allylic oxidation sites excluding steroid dienone is 5. The second kappa shape index (κ2) is 61.9. The summed E-state index contributed by atoms with van der Waals surface area (Å²) in [6.45, 7) is 4.34. The van der Waals surface area contributed by atoms with E-state index in [1.54, 1.807) is 6.08 Å². The SMILES string of the molecule is CCCCCCCCCC/C=C\CCCCCCCCCCCCCCCCCC(=O)NC(CO)C(O)/C=C/CC/C=C/CCCCCCCCCCCCCCCCCCCCCCCCCCC. The van der Waals surface area contributed by atoms with E-state index in [2.05, 4.69) is 43.5 Å². The van der Waals surface area contributed by atoms with E-state index in [1.165, 1.54) is 308 Å². The summed E-state index contributed by atoms with van der Waals surface area (Å²) in [7, 11) is 0. The van der Waals surface area contributed by atoms with Crippen molar-refractivity contribution in [2.75, 3.05) is 6.61 Å². The Morgan fingerprint density at radius 1 is 0.329 bits per heavy atom. The first-order chi connectivity index (χ1) is 34.7. The van der Waals surface area contributed by atoms with Gasteiger partial charge >= 0.3 is 0 Å². The molecule has 0 rings (SSSR count). The minimum Gasteiger partial charge on any atom is -0.394 e. The van der Waals surface area contributed by atoms with Crippen molar-refractivity contribution in [2.45, 2.75) is 373 Å². The molecule has 2 atom stereocenters. The van der Waals surface area contributed by atoms with E-state index in [9.17, 15) is 15.0 Å². The van der Waals surface area contributed by atoms with Crippen molar-refractivity contribution in [3.63, 3.8) is 0 Å². The van der Waals surface area contributed by atoms with Crippen molar-refractivity contribution >= 4 is 5.91 Å². The van der Waals surface area contributed by atoms with E-state index in [0.717, 1.165) is 32.1 Å². The molecule has 0 bridgehead atoms. The molecule has 70 heavy (non-hydrogen) atoms. The van der Waals surface area contributed by atoms with Crippen LogP contribution in [0.2, 0.25) is 0 Å². The number of aliphatic hydroxyl groups excluding tert-OH is 2. The van der Waals surface area contributed by atoms with Gasteiger partial charge in [0.15, 0.2) is 0 Å². The van der Waals surface area contributed by atoms with Crippen LogP contribution in [-0.4, -0.2) is 34.9 Å². The van der Waals surface area contributed by atoms with Crippen LogP contribution in [0.25, 0.3) is 0 Å². The zero-order valence-electron chi connectivity index (χ0n) is 47.8. The number of nitrogens with one attached hydrogen (secondary N) is 1. The van der Waals surface area contributed by atoms with Gasteiger partial charge in [0.2, 0.25) is 5.91 Å². The van der Waals surface area contributed by atoms with Gasteiger partial charge in [-0.05, 0) is 57.8 Å². The number of hydrogen-bond donors (Lipinski definition) is 3. The zero-order valence-corrected chi connectivity index (χ0v) is 47.8. The summed E-state index contributed by atoms with van der Waals surface area (Å²) < 4.78 is 0. The van der Waals surface area contributed by atoms with Crippen LogP contribution >= 0.6 is 0 Å². The molecule has 0 saturated heterocycles. The maximum Gasteiger partial charge on any atom is 0.220 e. The first-order valence-corrected chi connectivity index (χ1v) is 32.2. The van der Waals surface area contributed by atoms with Gasteiger partial charge in [-0.15, -0.1) is 0 Å². The summed E-state index contributed by atoms with van der Waals surface area (Å²) in [6, 6.07) is -0.639. The van der Waals surface area contributed by atoms with Gasteiger partial charge in [0.25, 0.3) is 0 Å². The first kappa shape index (κ1) is 68.6. The molecule has 414 valence electrons. The number of hydrogen-bond acceptors (Lipinski definition) is 3. The van der Waals surface area contributed by atoms with Crippen LogP contribution in [0.1, 0.15) is 361 Å². The summed E-state index contributed by atoms with van der Waals surface area (Å²) in [5, 5.41) is 23.2. The number of unbranched alkanes of at least 4 members (excludes halogenated alkanes) is 49. The smallest absolute Gasteiger partial charge is 0.220 e. The van der Waals surface area contributed by atoms with E-state index in [4.69, 9.17) is 0 Å². The molecule has 2 unspecified atom stereocenters. The number of aliphatic hydroxyl groups is 2. The zero-order chi connectivity index (χ0) is 50.6. The molecule has 0 aromatic carbocycles. The van der Waals surface area contributed by atoms with E-state index >= 15 is 0 Å². The predicted molar refractivity (Wildman–Crippen MR) is 313 cm³/mol. The quantitative estimate of drug-likeness (QED) is 0.0420. The Kier molecular flexibility index (Phi) is 60.7. The van der Waals surface area contributed by atoms with Crippen LogP contribution in [0.4, 0.5) is 0 Å². The van der Waals surface area contributed by atoms with Gasteiger partial charge in [-0.2, -0.15) is 0 Å². The monoisotopic (exact) mass is 982 g/mol. The van der Waals surface area contributed by atoms with Crippen LogP contribution in [0.5, 0.6) is 0 Å². The summed E-state index contributed by atoms with van der Waals surface area (Å²) in [5.74, 6) is -0.0675. The third-order valence-corrected chi connectivity index (χ3v) is 15.1. The molecular formula is C66H127NO3. The van der Waals surface area contributed by atoms with Crippen LogP contribution in [0.3, 0.4) is 0 Å². The number of carbonyl (C=O) groups is 1. The lowest BCUT2D eigenvalue weighted by Crippen LogP contribution is -2.45. The average molecular weight is 983 g/mol. The Hall–Kier alpha value is -1.39. The number of amides is 1. The molecular weight excluding hydrogens is 855 g/mol. The standard InChI is InChI=1S/C66H127NO3/c1-3-5-7-9-11-13-15-17-19-21-23-25-27-29-31-32-33-34-36-37-39-41-43-45-47-49-51-53-55-57-59-61-65(69)64(63-68)67-66(70)62-60-58-56-54-52-50-48-46-44-42-40-38-35-30-28-26-24-22-20-18-16-14-12-10-8-6-4-2/h22,24,51,53,59,61,64-65,68-69H,3-21,23,25-50,52,54-58,60,62-63H2,1-2H3,(H,67,70)/b24-22-,53-51+,61-59+. The third-order valence-electron chi connectivity index (χ3n) is 15.1. The highest BCUT2D eigenvalue weighted by atomic mass is 16.3. The lowest BCUT2D eigenvalue weighted by Gasteiger charge is -2.19.